The molecule has 0 radical (unpaired) electrons. The molecule has 24 heavy (non-hydrogen) atoms. The second kappa shape index (κ2) is 6.28. The third-order valence-electron chi connectivity index (χ3n) is 5.13. The maximum absolute atomic E-state index is 2.36. The van der Waals surface area contributed by atoms with E-state index in [4.69, 9.17) is 0 Å². The maximum Gasteiger partial charge on any atom is -0.00641 e. The first-order valence-electron chi connectivity index (χ1n) is 9.19. The minimum absolute atomic E-state index is 1.14. The lowest BCUT2D eigenvalue weighted by molar-refractivity contribution is 0.927. The van der Waals surface area contributed by atoms with Crippen molar-refractivity contribution in [1.82, 2.24) is 0 Å². The van der Waals surface area contributed by atoms with Gasteiger partial charge in [0.25, 0.3) is 0 Å². The molecule has 0 spiro atoms. The summed E-state index contributed by atoms with van der Waals surface area (Å²) < 4.78 is 0. The van der Waals surface area contributed by atoms with Crippen LogP contribution >= 0.6 is 0 Å². The molecule has 0 heterocycles. The van der Waals surface area contributed by atoms with Crippen LogP contribution in [-0.4, -0.2) is 0 Å². The lowest BCUT2D eigenvalue weighted by atomic mass is 9.86. The summed E-state index contributed by atoms with van der Waals surface area (Å²) >= 11 is 0. The molecular formula is C24H24. The smallest absolute Gasteiger partial charge is 0.00641 e. The molecule has 0 N–H and O–H groups in total. The fourth-order valence-corrected chi connectivity index (χ4v) is 4.17. The van der Waals surface area contributed by atoms with Gasteiger partial charge in [0.2, 0.25) is 0 Å². The van der Waals surface area contributed by atoms with E-state index in [1.807, 2.05) is 0 Å². The molecule has 0 unspecified atom stereocenters. The van der Waals surface area contributed by atoms with E-state index in [9.17, 15) is 0 Å². The zero-order valence-electron chi connectivity index (χ0n) is 14.6. The molecule has 4 rings (SSSR count). The van der Waals surface area contributed by atoms with Crippen LogP contribution in [-0.2, 0) is 12.8 Å². The number of hydrogen-bond donors (Lipinski definition) is 0. The number of benzene rings is 4. The van der Waals surface area contributed by atoms with Crippen LogP contribution in [0.4, 0.5) is 0 Å². The summed E-state index contributed by atoms with van der Waals surface area (Å²) in [6, 6.07) is 22.5. The van der Waals surface area contributed by atoms with Crippen LogP contribution in [0.2, 0.25) is 0 Å². The van der Waals surface area contributed by atoms with Gasteiger partial charge in [0.15, 0.2) is 0 Å². The predicted molar refractivity (Wildman–Crippen MR) is 107 cm³/mol. The molecule has 0 aliphatic carbocycles. The lowest BCUT2D eigenvalue weighted by Gasteiger charge is -2.18. The number of hydrogen-bond acceptors (Lipinski definition) is 0. The van der Waals surface area contributed by atoms with E-state index >= 15 is 0 Å². The second-order valence-electron chi connectivity index (χ2n) is 6.71. The van der Waals surface area contributed by atoms with Crippen LogP contribution in [0.25, 0.3) is 32.3 Å². The van der Waals surface area contributed by atoms with E-state index in [0.29, 0.717) is 0 Å². The minimum atomic E-state index is 1.14. The van der Waals surface area contributed by atoms with E-state index in [-0.39, 0.29) is 0 Å². The van der Waals surface area contributed by atoms with Crippen molar-refractivity contribution in [2.45, 2.75) is 39.5 Å². The number of fused-ring (bicyclic) bond motifs is 4. The highest BCUT2D eigenvalue weighted by atomic mass is 14.2. The summed E-state index contributed by atoms with van der Waals surface area (Å²) in [6.07, 6.45) is 4.63. The van der Waals surface area contributed by atoms with Crippen molar-refractivity contribution >= 4 is 32.3 Å². The van der Waals surface area contributed by atoms with Crippen LogP contribution in [0.15, 0.2) is 60.7 Å². The number of rotatable bonds is 4. The highest BCUT2D eigenvalue weighted by molar-refractivity contribution is 6.16. The van der Waals surface area contributed by atoms with Crippen LogP contribution < -0.4 is 0 Å². The Labute approximate surface area is 144 Å². The zero-order chi connectivity index (χ0) is 16.5. The molecule has 0 bridgehead atoms. The standard InChI is InChI=1S/C24H24/c1-3-9-19-20-13-7-8-14-21(20)22(10-4-2)24-18-12-6-5-11-17(18)15-16-23(19)24/h5-8,11-16H,3-4,9-10H2,1-2H3. The van der Waals surface area contributed by atoms with Gasteiger partial charge in [0.05, 0.1) is 0 Å². The lowest BCUT2D eigenvalue weighted by Crippen LogP contribution is -1.96. The average molecular weight is 312 g/mol. The quantitative estimate of drug-likeness (QED) is 0.280. The minimum Gasteiger partial charge on any atom is -0.0651 e. The molecule has 0 saturated heterocycles. The molecular weight excluding hydrogens is 288 g/mol. The SMILES string of the molecule is CCCc1c2ccccc2c(CCC)c2c1ccc1ccccc12. The Kier molecular flexibility index (Phi) is 3.98. The number of aryl methyl sites for hydroxylation is 2. The van der Waals surface area contributed by atoms with Gasteiger partial charge in [-0.15, -0.1) is 0 Å². The molecule has 0 saturated carbocycles. The Balaban J connectivity index is 2.28. The average Bonchev–Trinajstić information content (AvgIpc) is 2.64. The molecule has 4 aromatic carbocycles. The van der Waals surface area contributed by atoms with Crippen LogP contribution in [0, 0.1) is 0 Å². The Hall–Kier alpha value is -2.34. The first-order chi connectivity index (χ1) is 11.8. The van der Waals surface area contributed by atoms with E-state index in [2.05, 4.69) is 74.5 Å². The Morgan fingerprint density at radius 3 is 1.83 bits per heavy atom. The van der Waals surface area contributed by atoms with Crippen molar-refractivity contribution < 1.29 is 0 Å². The third kappa shape index (κ3) is 2.29. The van der Waals surface area contributed by atoms with E-state index < -0.39 is 0 Å². The molecule has 0 aromatic heterocycles. The van der Waals surface area contributed by atoms with Crippen LogP contribution in [0.3, 0.4) is 0 Å². The van der Waals surface area contributed by atoms with Gasteiger partial charge in [0.1, 0.15) is 0 Å². The van der Waals surface area contributed by atoms with Gasteiger partial charge in [-0.1, -0.05) is 87.4 Å². The molecule has 4 aromatic rings. The Bertz CT molecular complexity index is 1020. The fraction of sp³-hybridized carbons (Fsp3) is 0.250. The summed E-state index contributed by atoms with van der Waals surface area (Å²) in [6.45, 7) is 4.56. The van der Waals surface area contributed by atoms with E-state index in [1.54, 1.807) is 0 Å². The highest BCUT2D eigenvalue weighted by Gasteiger charge is 2.14. The van der Waals surface area contributed by atoms with Crippen molar-refractivity contribution in [3.05, 3.63) is 71.8 Å². The molecule has 0 amide bonds. The molecule has 0 nitrogen and oxygen atoms in total. The summed E-state index contributed by atoms with van der Waals surface area (Å²) in [5, 5.41) is 8.59. The predicted octanol–water partition coefficient (Wildman–Crippen LogP) is 7.05. The summed E-state index contributed by atoms with van der Waals surface area (Å²) in [4.78, 5) is 0. The van der Waals surface area contributed by atoms with Gasteiger partial charge < -0.3 is 0 Å². The van der Waals surface area contributed by atoms with Gasteiger partial charge in [-0.3, -0.25) is 0 Å². The molecule has 0 aliphatic heterocycles. The molecule has 120 valence electrons. The van der Waals surface area contributed by atoms with Crippen molar-refractivity contribution in [3.8, 4) is 0 Å². The van der Waals surface area contributed by atoms with Crippen molar-refractivity contribution in [2.75, 3.05) is 0 Å². The Morgan fingerprint density at radius 2 is 1.12 bits per heavy atom. The van der Waals surface area contributed by atoms with Crippen molar-refractivity contribution in [2.24, 2.45) is 0 Å². The summed E-state index contributed by atoms with van der Waals surface area (Å²) in [5.74, 6) is 0. The third-order valence-corrected chi connectivity index (χ3v) is 5.13. The van der Waals surface area contributed by atoms with Gasteiger partial charge in [0, 0.05) is 0 Å². The monoisotopic (exact) mass is 312 g/mol. The Morgan fingerprint density at radius 1 is 0.542 bits per heavy atom. The normalized spacial score (nSPS) is 11.6. The van der Waals surface area contributed by atoms with Crippen LogP contribution in [0.5, 0.6) is 0 Å². The topological polar surface area (TPSA) is 0 Å². The van der Waals surface area contributed by atoms with Gasteiger partial charge in [-0.25, -0.2) is 0 Å². The fourth-order valence-electron chi connectivity index (χ4n) is 4.17. The van der Waals surface area contributed by atoms with Gasteiger partial charge in [-0.2, -0.15) is 0 Å². The van der Waals surface area contributed by atoms with Gasteiger partial charge >= 0.3 is 0 Å². The first kappa shape index (κ1) is 15.2. The summed E-state index contributed by atoms with van der Waals surface area (Å²) in [5.41, 5.74) is 3.05. The maximum atomic E-state index is 2.36. The molecule has 0 atom stereocenters. The molecule has 0 aliphatic rings. The first-order valence-corrected chi connectivity index (χ1v) is 9.19. The molecule has 0 fully saturated rings. The summed E-state index contributed by atoms with van der Waals surface area (Å²) in [7, 11) is 0. The van der Waals surface area contributed by atoms with E-state index in [0.717, 1.165) is 12.8 Å². The van der Waals surface area contributed by atoms with Gasteiger partial charge in [-0.05, 0) is 56.3 Å². The molecule has 0 heteroatoms. The highest BCUT2D eigenvalue weighted by Crippen LogP contribution is 2.38. The second-order valence-corrected chi connectivity index (χ2v) is 6.71. The largest absolute Gasteiger partial charge is 0.0651 e. The van der Waals surface area contributed by atoms with Crippen molar-refractivity contribution in [1.29, 1.82) is 0 Å². The zero-order valence-corrected chi connectivity index (χ0v) is 14.6. The van der Waals surface area contributed by atoms with E-state index in [1.165, 1.54) is 56.3 Å². The van der Waals surface area contributed by atoms with Crippen LogP contribution in [0.1, 0.15) is 37.8 Å². The van der Waals surface area contributed by atoms with Crippen molar-refractivity contribution in [3.63, 3.8) is 0 Å².